The molecule has 1 aromatic carbocycles. The van der Waals surface area contributed by atoms with Crippen molar-refractivity contribution in [3.63, 3.8) is 0 Å². The third kappa shape index (κ3) is 12.4. The molecule has 424 valence electrons. The topological polar surface area (TPSA) is 216 Å². The molecule has 8 aliphatic rings. The summed E-state index contributed by atoms with van der Waals surface area (Å²) in [7, 11) is 3.28. The van der Waals surface area contributed by atoms with Crippen LogP contribution >= 0.6 is 21.6 Å². The van der Waals surface area contributed by atoms with Crippen LogP contribution in [0.5, 0.6) is 11.5 Å². The summed E-state index contributed by atoms with van der Waals surface area (Å²) in [5, 5.41) is 67.6. The predicted molar refractivity (Wildman–Crippen MR) is 297 cm³/mol. The molecule has 76 heavy (non-hydrogen) atoms. The molecule has 3 saturated heterocycles. The van der Waals surface area contributed by atoms with Gasteiger partial charge in [-0.25, -0.2) is 4.79 Å². The number of ether oxygens (including phenoxy) is 3. The molecule has 14 nitrogen and oxygen atoms in total. The Hall–Kier alpha value is -2.75. The van der Waals surface area contributed by atoms with Crippen molar-refractivity contribution in [3.05, 3.63) is 23.3 Å². The van der Waals surface area contributed by atoms with Gasteiger partial charge in [0.05, 0.1) is 18.3 Å². The molecule has 8 N–H and O–H groups in total. The second-order valence-corrected chi connectivity index (χ2v) is 27.8. The highest BCUT2D eigenvalue weighted by Crippen LogP contribution is 2.65. The number of rotatable bonds is 13. The lowest BCUT2D eigenvalue weighted by Crippen LogP contribution is -2.65. The van der Waals surface area contributed by atoms with Crippen LogP contribution < -0.4 is 20.7 Å². The van der Waals surface area contributed by atoms with Crippen molar-refractivity contribution in [1.82, 2.24) is 16.0 Å². The molecule has 0 bridgehead atoms. The number of amides is 1. The zero-order valence-corrected chi connectivity index (χ0v) is 47.4. The van der Waals surface area contributed by atoms with Crippen LogP contribution in [0.4, 0.5) is 0 Å². The monoisotopic (exact) mass is 1090 g/mol. The number of carbonyl (C=O) groups excluding carboxylic acids is 3. The Morgan fingerprint density at radius 3 is 2.51 bits per heavy atom. The molecule has 0 radical (unpaired) electrons. The minimum Gasteiger partial charge on any atom is -0.504 e. The van der Waals surface area contributed by atoms with Crippen molar-refractivity contribution in [1.29, 1.82) is 0 Å². The first-order valence-corrected chi connectivity index (χ1v) is 32.1. The molecule has 1 amide bonds. The van der Waals surface area contributed by atoms with Crippen molar-refractivity contribution >= 4 is 39.4 Å². The zero-order chi connectivity index (χ0) is 53.7. The van der Waals surface area contributed by atoms with E-state index < -0.39 is 52.7 Å². The maximum Gasteiger partial charge on any atom is 0.332 e. The lowest BCUT2D eigenvalue weighted by molar-refractivity contribution is -0.183. The van der Waals surface area contributed by atoms with E-state index in [9.17, 15) is 35.1 Å². The van der Waals surface area contributed by atoms with Gasteiger partial charge in [0.25, 0.3) is 0 Å². The Bertz CT molecular complexity index is 2230. The minimum absolute atomic E-state index is 0.0106. The van der Waals surface area contributed by atoms with Crippen LogP contribution in [0.3, 0.4) is 0 Å². The summed E-state index contributed by atoms with van der Waals surface area (Å²) in [5.74, 6) is 7.46. The summed E-state index contributed by atoms with van der Waals surface area (Å²) >= 11 is 0. The molecule has 9 rings (SSSR count). The van der Waals surface area contributed by atoms with E-state index in [1.807, 2.05) is 6.92 Å². The lowest BCUT2D eigenvalue weighted by Gasteiger charge is -2.56. The van der Waals surface area contributed by atoms with Crippen LogP contribution in [0.25, 0.3) is 0 Å². The number of aromatic hydroxyl groups is 1. The Labute approximate surface area is 460 Å². The molecule has 1 aromatic rings. The first kappa shape index (κ1) is 57.9. The molecule has 5 fully saturated rings. The average molecular weight is 1090 g/mol. The highest BCUT2D eigenvalue weighted by Gasteiger charge is 2.60. The van der Waals surface area contributed by atoms with Gasteiger partial charge in [0.1, 0.15) is 17.7 Å². The number of piperidine rings is 2. The number of carbonyl (C=O) groups is 3. The molecular weight excluding hydrogens is 1000 g/mol. The number of phenols is 1. The highest BCUT2D eigenvalue weighted by molar-refractivity contribution is 8.76. The van der Waals surface area contributed by atoms with E-state index >= 15 is 4.79 Å². The van der Waals surface area contributed by atoms with Crippen LogP contribution in [0.15, 0.2) is 12.1 Å². The number of hydrogen-bond acceptors (Lipinski definition) is 15. The van der Waals surface area contributed by atoms with Crippen molar-refractivity contribution in [2.45, 2.75) is 209 Å². The van der Waals surface area contributed by atoms with Crippen LogP contribution in [0, 0.1) is 58.2 Å². The fraction of sp³-hybridized carbons (Fsp3) is 0.817. The van der Waals surface area contributed by atoms with Gasteiger partial charge >= 0.3 is 11.9 Å². The highest BCUT2D eigenvalue weighted by atomic mass is 33.1. The van der Waals surface area contributed by atoms with E-state index in [0.717, 1.165) is 88.3 Å². The standard InChI is InChI=1S/C60H91N3O11S2/c1-38(12-10-30-64)11-9-27-62-47-35-75-76-37-57(3,71)33-41-14-8-13-40-31-45-46(58(36-65)22-6-7-23-58)34-72-55-49(68)20-18-44(53(45)55)54(40)59(25-28-61-29-26-59)51(32-50(73-39(2)66)43(41)17-19-48(47)67)74-56(70)60-24-5-4-15-42(60)16-21-52(69)63-60/h18,20,38,40-43,45-48,50-51,54,61-62,64-65,67-68,71H,4-7,9-12,14-17,19,21-37H2,1-3H3,(H,63,69)/t38-,40-,41+,42+,43-,45+,46+,47+,48+,50-,51+,54-,57-,60+/m0/s1. The number of nitrogens with one attached hydrogen (secondary N) is 3. The number of aliphatic hydroxyl groups excluding tert-OH is 3. The van der Waals surface area contributed by atoms with Gasteiger partial charge in [0, 0.05) is 97.0 Å². The summed E-state index contributed by atoms with van der Waals surface area (Å²) in [6.07, 6.45) is 13.0. The molecule has 4 heterocycles. The second-order valence-electron chi connectivity index (χ2n) is 25.3. The number of fused-ring (bicyclic) bond motifs is 5. The summed E-state index contributed by atoms with van der Waals surface area (Å²) < 4.78 is 20.7. The Morgan fingerprint density at radius 2 is 1.75 bits per heavy atom. The largest absolute Gasteiger partial charge is 0.504 e. The molecule has 0 unspecified atom stereocenters. The summed E-state index contributed by atoms with van der Waals surface area (Å²) in [4.78, 5) is 43.0. The molecular formula is C60H91N3O11S2. The quantitative estimate of drug-likeness (QED) is 0.0406. The van der Waals surface area contributed by atoms with Crippen LogP contribution in [0.1, 0.15) is 185 Å². The summed E-state index contributed by atoms with van der Waals surface area (Å²) in [6.45, 7) is 8.19. The van der Waals surface area contributed by atoms with Gasteiger partial charge in [-0.3, -0.25) is 9.59 Å². The van der Waals surface area contributed by atoms with Gasteiger partial charge in [0.2, 0.25) is 5.91 Å². The molecule has 1 spiro atoms. The predicted octanol–water partition coefficient (Wildman–Crippen LogP) is 8.05. The third-order valence-electron chi connectivity index (χ3n) is 20.3. The molecule has 0 aromatic heterocycles. The minimum atomic E-state index is -1.19. The number of benzene rings is 1. The molecule has 16 heteroatoms. The molecule has 4 aliphatic heterocycles. The van der Waals surface area contributed by atoms with E-state index in [2.05, 4.69) is 40.8 Å². The van der Waals surface area contributed by atoms with Gasteiger partial charge < -0.3 is 55.7 Å². The van der Waals surface area contributed by atoms with Gasteiger partial charge in [0.15, 0.2) is 11.5 Å². The Balaban J connectivity index is 1.17. The Morgan fingerprint density at radius 1 is 0.974 bits per heavy atom. The summed E-state index contributed by atoms with van der Waals surface area (Å²) in [6, 6.07) is 3.57. The van der Waals surface area contributed by atoms with E-state index in [0.29, 0.717) is 107 Å². The van der Waals surface area contributed by atoms with E-state index in [1.165, 1.54) is 6.92 Å². The van der Waals surface area contributed by atoms with Crippen LogP contribution in [0.2, 0.25) is 0 Å². The fourth-order valence-corrected chi connectivity index (χ4v) is 19.1. The van der Waals surface area contributed by atoms with Crippen molar-refractivity contribution < 1.29 is 54.1 Å². The van der Waals surface area contributed by atoms with E-state index in [4.69, 9.17) is 14.2 Å². The SMILES string of the molecule is CC(=O)O[C@H]1C[C@@H](OC(=O)[C@@]23CCCC[C@@H]2CCC(=O)N3)C2(CCNCC2)[C@@H]2c3ccc(O)c4c3[C@H](C[C@@H]2C#CC[C@@H]2C[C@](C)(O)CSSC[C@@H](NCCC[C@H](C)CCCO)[C@H](O)CC[C@@H]21)[C@H](C1(CO)CCCC1)CO4. The molecule has 4 aliphatic carbocycles. The van der Waals surface area contributed by atoms with E-state index in [-0.39, 0.29) is 78.3 Å². The van der Waals surface area contributed by atoms with Gasteiger partial charge in [-0.2, -0.15) is 0 Å². The van der Waals surface area contributed by atoms with Crippen molar-refractivity contribution in [2.75, 3.05) is 51.0 Å². The number of esters is 2. The fourth-order valence-electron chi connectivity index (χ4n) is 16.3. The Kier molecular flexibility index (Phi) is 19.3. The van der Waals surface area contributed by atoms with Crippen molar-refractivity contribution in [2.24, 2.45) is 46.3 Å². The maximum absolute atomic E-state index is 15.8. The first-order chi connectivity index (χ1) is 36.6. The van der Waals surface area contributed by atoms with E-state index in [1.54, 1.807) is 27.7 Å². The van der Waals surface area contributed by atoms with Gasteiger partial charge in [-0.1, -0.05) is 66.2 Å². The number of hydrogen-bond donors (Lipinski definition) is 8. The third-order valence-corrected chi connectivity index (χ3v) is 22.9. The summed E-state index contributed by atoms with van der Waals surface area (Å²) in [5.41, 5.74) is -1.42. The normalized spacial score (nSPS) is 36.7. The van der Waals surface area contributed by atoms with Crippen LogP contribution in [-0.2, 0) is 23.9 Å². The smallest absolute Gasteiger partial charge is 0.332 e. The average Bonchev–Trinajstić information content (AvgIpc) is 4.03. The zero-order valence-electron chi connectivity index (χ0n) is 45.8. The van der Waals surface area contributed by atoms with Crippen LogP contribution in [-0.4, -0.2) is 130 Å². The van der Waals surface area contributed by atoms with Gasteiger partial charge in [-0.05, 0) is 158 Å². The first-order valence-electron chi connectivity index (χ1n) is 29.6. The molecule has 14 atom stereocenters. The second kappa shape index (κ2) is 25.4. The number of phenolic OH excluding ortho intramolecular Hbond substituents is 1. The maximum atomic E-state index is 15.8. The lowest BCUT2D eigenvalue weighted by atomic mass is 9.51. The number of aliphatic hydroxyl groups is 4. The molecule has 2 saturated carbocycles. The van der Waals surface area contributed by atoms with Crippen molar-refractivity contribution in [3.8, 4) is 23.3 Å². The van der Waals surface area contributed by atoms with Gasteiger partial charge in [-0.15, -0.1) is 5.92 Å².